The lowest BCUT2D eigenvalue weighted by atomic mass is 10.0. The largest absolute Gasteiger partial charge is 0.422 e. The second kappa shape index (κ2) is 6.37. The predicted octanol–water partition coefficient (Wildman–Crippen LogP) is 5.58. The molecule has 6 aromatic rings. The smallest absolute Gasteiger partial charge is 0.345 e. The van der Waals surface area contributed by atoms with Crippen LogP contribution < -0.4 is 11.3 Å². The SMILES string of the molecule is Cc1cccc2c1oc(=O)c1ccc(-c3cc4c(ccc5ccccc54)oc3=O)nc12. The first kappa shape index (κ1) is 17.6. The van der Waals surface area contributed by atoms with Crippen molar-refractivity contribution in [1.29, 1.82) is 0 Å². The van der Waals surface area contributed by atoms with E-state index < -0.39 is 11.3 Å². The van der Waals surface area contributed by atoms with Gasteiger partial charge in [0, 0.05) is 10.8 Å². The molecule has 5 heteroatoms. The van der Waals surface area contributed by atoms with Gasteiger partial charge in [-0.2, -0.15) is 0 Å². The van der Waals surface area contributed by atoms with Gasteiger partial charge in [0.2, 0.25) is 0 Å². The molecule has 3 aromatic carbocycles. The Balaban J connectivity index is 1.70. The molecule has 0 aliphatic heterocycles. The van der Waals surface area contributed by atoms with Crippen LogP contribution in [0.25, 0.3) is 54.9 Å². The maximum atomic E-state index is 12.8. The van der Waals surface area contributed by atoms with Gasteiger partial charge >= 0.3 is 11.3 Å². The fraction of sp³-hybridized carbons (Fsp3) is 0.0385. The lowest BCUT2D eigenvalue weighted by molar-refractivity contribution is 0.563. The Morgan fingerprint density at radius 1 is 0.710 bits per heavy atom. The highest BCUT2D eigenvalue weighted by molar-refractivity contribution is 6.07. The van der Waals surface area contributed by atoms with E-state index in [4.69, 9.17) is 13.8 Å². The van der Waals surface area contributed by atoms with Crippen LogP contribution in [-0.2, 0) is 0 Å². The maximum absolute atomic E-state index is 12.8. The number of hydrogen-bond acceptors (Lipinski definition) is 5. The average Bonchev–Trinajstić information content (AvgIpc) is 2.79. The van der Waals surface area contributed by atoms with Gasteiger partial charge in [-0.15, -0.1) is 0 Å². The highest BCUT2D eigenvalue weighted by atomic mass is 16.4. The van der Waals surface area contributed by atoms with E-state index in [-0.39, 0.29) is 0 Å². The standard InChI is InChI=1S/C26H15NO4/c1-14-5-4-8-17-23-18(25(28)31-24(14)17)10-11-21(27-23)20-13-19-16-7-3-2-6-15(16)9-12-22(19)30-26(20)29/h2-13H,1H3. The Bertz CT molecular complexity index is 1790. The van der Waals surface area contributed by atoms with E-state index in [1.807, 2.05) is 61.5 Å². The molecule has 5 nitrogen and oxygen atoms in total. The summed E-state index contributed by atoms with van der Waals surface area (Å²) in [5.41, 5.74) is 2.25. The molecule has 0 aliphatic carbocycles. The highest BCUT2D eigenvalue weighted by Crippen LogP contribution is 2.29. The Morgan fingerprint density at radius 3 is 2.45 bits per heavy atom. The van der Waals surface area contributed by atoms with Gasteiger partial charge in [0.1, 0.15) is 11.2 Å². The van der Waals surface area contributed by atoms with Gasteiger partial charge in [0.25, 0.3) is 0 Å². The molecule has 0 saturated carbocycles. The zero-order valence-corrected chi connectivity index (χ0v) is 16.5. The summed E-state index contributed by atoms with van der Waals surface area (Å²) in [6.07, 6.45) is 0. The summed E-state index contributed by atoms with van der Waals surface area (Å²) < 4.78 is 11.1. The molecule has 31 heavy (non-hydrogen) atoms. The number of hydrogen-bond donors (Lipinski definition) is 0. The summed E-state index contributed by atoms with van der Waals surface area (Å²) >= 11 is 0. The van der Waals surface area contributed by atoms with Crippen molar-refractivity contribution in [2.45, 2.75) is 6.92 Å². The zero-order valence-electron chi connectivity index (χ0n) is 16.5. The third kappa shape index (κ3) is 2.60. The average molecular weight is 405 g/mol. The molecule has 6 rings (SSSR count). The van der Waals surface area contributed by atoms with Crippen molar-refractivity contribution in [3.8, 4) is 11.3 Å². The molecule has 0 radical (unpaired) electrons. The van der Waals surface area contributed by atoms with Crippen molar-refractivity contribution < 1.29 is 8.83 Å². The molecule has 0 amide bonds. The molecular weight excluding hydrogens is 390 g/mol. The quantitative estimate of drug-likeness (QED) is 0.264. The van der Waals surface area contributed by atoms with Gasteiger partial charge in [0.15, 0.2) is 0 Å². The van der Waals surface area contributed by atoms with E-state index in [2.05, 4.69) is 0 Å². The van der Waals surface area contributed by atoms with Crippen LogP contribution in [0.2, 0.25) is 0 Å². The first-order valence-electron chi connectivity index (χ1n) is 9.89. The minimum atomic E-state index is -0.474. The van der Waals surface area contributed by atoms with Crippen molar-refractivity contribution in [3.05, 3.63) is 99.2 Å². The van der Waals surface area contributed by atoms with Crippen LogP contribution >= 0.6 is 0 Å². The minimum Gasteiger partial charge on any atom is -0.422 e. The lowest BCUT2D eigenvalue weighted by Gasteiger charge is -2.08. The van der Waals surface area contributed by atoms with E-state index in [0.717, 1.165) is 27.1 Å². The molecule has 0 fully saturated rings. The summed E-state index contributed by atoms with van der Waals surface area (Å²) in [5.74, 6) is 0. The lowest BCUT2D eigenvalue weighted by Crippen LogP contribution is -2.06. The van der Waals surface area contributed by atoms with E-state index in [1.165, 1.54) is 0 Å². The molecule has 0 aliphatic rings. The molecule has 0 bridgehead atoms. The van der Waals surface area contributed by atoms with E-state index in [0.29, 0.717) is 33.3 Å². The number of aromatic nitrogens is 1. The molecule has 3 heterocycles. The molecule has 0 unspecified atom stereocenters. The fourth-order valence-corrected chi connectivity index (χ4v) is 4.15. The van der Waals surface area contributed by atoms with Crippen LogP contribution in [0, 0.1) is 6.92 Å². The molecule has 3 aromatic heterocycles. The second-order valence-electron chi connectivity index (χ2n) is 7.58. The van der Waals surface area contributed by atoms with Gasteiger partial charge in [-0.25, -0.2) is 14.6 Å². The summed E-state index contributed by atoms with van der Waals surface area (Å²) in [4.78, 5) is 30.0. The predicted molar refractivity (Wildman–Crippen MR) is 122 cm³/mol. The van der Waals surface area contributed by atoms with Gasteiger partial charge in [-0.3, -0.25) is 0 Å². The van der Waals surface area contributed by atoms with Crippen molar-refractivity contribution >= 4 is 43.6 Å². The number of para-hydroxylation sites is 1. The third-order valence-electron chi connectivity index (χ3n) is 5.69. The minimum absolute atomic E-state index is 0.347. The van der Waals surface area contributed by atoms with E-state index in [9.17, 15) is 9.59 Å². The number of nitrogens with zero attached hydrogens (tertiary/aromatic N) is 1. The number of benzene rings is 3. The molecule has 0 spiro atoms. The maximum Gasteiger partial charge on any atom is 0.345 e. The summed E-state index contributed by atoms with van der Waals surface area (Å²) in [6.45, 7) is 1.88. The monoisotopic (exact) mass is 405 g/mol. The third-order valence-corrected chi connectivity index (χ3v) is 5.69. The van der Waals surface area contributed by atoms with Gasteiger partial charge in [0.05, 0.1) is 22.2 Å². The summed E-state index contributed by atoms with van der Waals surface area (Å²) in [5, 5.41) is 3.99. The molecular formula is C26H15NO4. The van der Waals surface area contributed by atoms with Crippen LogP contribution in [0.15, 0.2) is 91.2 Å². The number of rotatable bonds is 1. The molecule has 148 valence electrons. The Kier molecular flexibility index (Phi) is 3.62. The van der Waals surface area contributed by atoms with Crippen LogP contribution in [-0.4, -0.2) is 4.98 Å². The van der Waals surface area contributed by atoms with Crippen LogP contribution in [0.5, 0.6) is 0 Å². The Labute approximate surface area is 175 Å². The van der Waals surface area contributed by atoms with E-state index in [1.54, 1.807) is 18.2 Å². The van der Waals surface area contributed by atoms with Gasteiger partial charge in [-0.05, 0) is 53.6 Å². The van der Waals surface area contributed by atoms with Crippen LogP contribution in [0.1, 0.15) is 5.56 Å². The summed E-state index contributed by atoms with van der Waals surface area (Å²) in [7, 11) is 0. The van der Waals surface area contributed by atoms with Gasteiger partial charge < -0.3 is 8.83 Å². The molecule has 0 saturated heterocycles. The highest BCUT2D eigenvalue weighted by Gasteiger charge is 2.15. The first-order chi connectivity index (χ1) is 15.1. The molecule has 0 atom stereocenters. The normalized spacial score (nSPS) is 11.6. The number of fused-ring (bicyclic) bond motifs is 6. The van der Waals surface area contributed by atoms with E-state index >= 15 is 0 Å². The summed E-state index contributed by atoms with van der Waals surface area (Å²) in [6, 6.07) is 22.4. The zero-order chi connectivity index (χ0) is 21.1. The fourth-order valence-electron chi connectivity index (χ4n) is 4.15. The second-order valence-corrected chi connectivity index (χ2v) is 7.58. The molecule has 0 N–H and O–H groups in total. The van der Waals surface area contributed by atoms with Crippen LogP contribution in [0.4, 0.5) is 0 Å². The van der Waals surface area contributed by atoms with Crippen LogP contribution in [0.3, 0.4) is 0 Å². The number of pyridine rings is 1. The number of aryl methyl sites for hydroxylation is 1. The Hall–Kier alpha value is -4.25. The van der Waals surface area contributed by atoms with Crippen molar-refractivity contribution in [2.75, 3.05) is 0 Å². The topological polar surface area (TPSA) is 73.3 Å². The van der Waals surface area contributed by atoms with Crippen molar-refractivity contribution in [2.24, 2.45) is 0 Å². The first-order valence-corrected chi connectivity index (χ1v) is 9.89. The Morgan fingerprint density at radius 2 is 1.55 bits per heavy atom. The van der Waals surface area contributed by atoms with Crippen molar-refractivity contribution in [1.82, 2.24) is 4.98 Å². The van der Waals surface area contributed by atoms with Gasteiger partial charge in [-0.1, -0.05) is 42.5 Å². The van der Waals surface area contributed by atoms with Crippen molar-refractivity contribution in [3.63, 3.8) is 0 Å².